The second kappa shape index (κ2) is 11.1. The van der Waals surface area contributed by atoms with Gasteiger partial charge in [-0.25, -0.2) is 4.68 Å². The first-order chi connectivity index (χ1) is 16.5. The quantitative estimate of drug-likeness (QED) is 0.350. The maximum atomic E-state index is 13.2. The zero-order valence-corrected chi connectivity index (χ0v) is 21.0. The Balaban J connectivity index is 1.93. The van der Waals surface area contributed by atoms with Crippen LogP contribution in [-0.4, -0.2) is 44.1 Å². The number of para-hydroxylation sites is 1. The van der Waals surface area contributed by atoms with Crippen LogP contribution < -0.4 is 10.1 Å². The molecule has 3 rings (SSSR count). The van der Waals surface area contributed by atoms with Crippen LogP contribution in [0, 0.1) is 5.92 Å². The Morgan fingerprint density at radius 3 is 2.46 bits per heavy atom. The van der Waals surface area contributed by atoms with Crippen LogP contribution in [-0.2, 0) is 4.79 Å². The highest BCUT2D eigenvalue weighted by Crippen LogP contribution is 2.32. The summed E-state index contributed by atoms with van der Waals surface area (Å²) in [6, 6.07) is 14.4. The number of carbonyl (C=O) groups excluding carboxylic acids is 1. The highest BCUT2D eigenvalue weighted by molar-refractivity contribution is 6.42. The summed E-state index contributed by atoms with van der Waals surface area (Å²) < 4.78 is 7.32. The standard InChI is InChI=1S/C25H27Cl2N3O5/c1-15(2)25(3,34)14-35-21-12-20(29-30(21)16-8-5-4-6-9-16)24(33)28-19(13-22(31)32)17-10-7-11-18(26)23(17)27/h4-12,15,19,34H,13-14H2,1-3H3,(H,28,33)(H,31,32)/t19-,25+/m0/s1. The van der Waals surface area contributed by atoms with E-state index in [0.717, 1.165) is 0 Å². The maximum absolute atomic E-state index is 13.2. The Labute approximate surface area is 213 Å². The summed E-state index contributed by atoms with van der Waals surface area (Å²) in [5, 5.41) is 27.5. The number of aliphatic hydroxyl groups is 1. The number of carbonyl (C=O) groups is 2. The van der Waals surface area contributed by atoms with E-state index in [9.17, 15) is 19.8 Å². The zero-order chi connectivity index (χ0) is 25.8. The van der Waals surface area contributed by atoms with Crippen LogP contribution in [0.5, 0.6) is 5.88 Å². The number of rotatable bonds is 10. The first kappa shape index (κ1) is 26.5. The number of hydrogen-bond acceptors (Lipinski definition) is 5. The third-order valence-electron chi connectivity index (χ3n) is 5.71. The molecule has 10 heteroatoms. The average molecular weight is 520 g/mol. The smallest absolute Gasteiger partial charge is 0.305 e. The lowest BCUT2D eigenvalue weighted by atomic mass is 9.94. The van der Waals surface area contributed by atoms with Gasteiger partial charge in [-0.3, -0.25) is 9.59 Å². The van der Waals surface area contributed by atoms with E-state index in [0.29, 0.717) is 11.3 Å². The molecular weight excluding hydrogens is 493 g/mol. The second-order valence-corrected chi connectivity index (χ2v) is 9.47. The topological polar surface area (TPSA) is 114 Å². The van der Waals surface area contributed by atoms with Gasteiger partial charge in [0.05, 0.1) is 33.8 Å². The number of amides is 1. The monoisotopic (exact) mass is 519 g/mol. The molecule has 1 heterocycles. The molecule has 0 aliphatic rings. The molecule has 0 aliphatic carbocycles. The van der Waals surface area contributed by atoms with E-state index in [2.05, 4.69) is 10.4 Å². The van der Waals surface area contributed by atoms with Crippen molar-refractivity contribution in [2.75, 3.05) is 6.61 Å². The zero-order valence-electron chi connectivity index (χ0n) is 19.5. The number of ether oxygens (including phenoxy) is 1. The van der Waals surface area contributed by atoms with Crippen molar-refractivity contribution >= 4 is 35.1 Å². The molecular formula is C25H27Cl2N3O5. The first-order valence-corrected chi connectivity index (χ1v) is 11.7. The second-order valence-electron chi connectivity index (χ2n) is 8.68. The SMILES string of the molecule is CC(C)[C@](C)(O)COc1cc(C(=O)N[C@@H](CC(=O)O)c2cccc(Cl)c2Cl)nn1-c1ccccc1. The molecule has 3 aromatic rings. The lowest BCUT2D eigenvalue weighted by Crippen LogP contribution is -2.38. The Hall–Kier alpha value is -3.07. The van der Waals surface area contributed by atoms with Gasteiger partial charge in [-0.1, -0.05) is 67.4 Å². The van der Waals surface area contributed by atoms with Crippen LogP contribution in [0.4, 0.5) is 0 Å². The lowest BCUT2D eigenvalue weighted by Gasteiger charge is -2.27. The number of hydrogen-bond donors (Lipinski definition) is 3. The summed E-state index contributed by atoms with van der Waals surface area (Å²) in [6.45, 7) is 5.39. The van der Waals surface area contributed by atoms with Crippen LogP contribution in [0.3, 0.4) is 0 Å². The van der Waals surface area contributed by atoms with Crippen LogP contribution in [0.25, 0.3) is 5.69 Å². The third-order valence-corrected chi connectivity index (χ3v) is 6.54. The summed E-state index contributed by atoms with van der Waals surface area (Å²) in [5.74, 6) is -1.57. The van der Waals surface area contributed by atoms with E-state index in [1.165, 1.54) is 10.7 Å². The van der Waals surface area contributed by atoms with Crippen LogP contribution in [0.1, 0.15) is 49.3 Å². The number of halogens is 2. The molecule has 0 unspecified atom stereocenters. The predicted octanol–water partition coefficient (Wildman–Crippen LogP) is 4.91. The van der Waals surface area contributed by atoms with Crippen molar-refractivity contribution in [2.24, 2.45) is 5.92 Å². The van der Waals surface area contributed by atoms with Crippen molar-refractivity contribution in [1.29, 1.82) is 0 Å². The molecule has 0 aliphatic heterocycles. The number of benzene rings is 2. The normalized spacial score (nSPS) is 13.8. The summed E-state index contributed by atoms with van der Waals surface area (Å²) in [7, 11) is 0. The molecule has 0 saturated heterocycles. The Morgan fingerprint density at radius 2 is 1.83 bits per heavy atom. The molecule has 0 bridgehead atoms. The van der Waals surface area contributed by atoms with Crippen molar-refractivity contribution < 1.29 is 24.5 Å². The highest BCUT2D eigenvalue weighted by Gasteiger charge is 2.28. The summed E-state index contributed by atoms with van der Waals surface area (Å²) in [4.78, 5) is 24.6. The van der Waals surface area contributed by atoms with Gasteiger partial charge < -0.3 is 20.3 Å². The van der Waals surface area contributed by atoms with E-state index in [4.69, 9.17) is 27.9 Å². The minimum atomic E-state index is -1.12. The molecule has 1 amide bonds. The third kappa shape index (κ3) is 6.54. The Bertz CT molecular complexity index is 1200. The lowest BCUT2D eigenvalue weighted by molar-refractivity contribution is -0.137. The molecule has 0 saturated carbocycles. The van der Waals surface area contributed by atoms with Gasteiger partial charge in [0, 0.05) is 6.07 Å². The number of nitrogens with zero attached hydrogens (tertiary/aromatic N) is 2. The van der Waals surface area contributed by atoms with Gasteiger partial charge in [0.1, 0.15) is 6.61 Å². The van der Waals surface area contributed by atoms with E-state index in [-0.39, 0.29) is 34.1 Å². The van der Waals surface area contributed by atoms with Crippen molar-refractivity contribution in [1.82, 2.24) is 15.1 Å². The molecule has 8 nitrogen and oxygen atoms in total. The summed E-state index contributed by atoms with van der Waals surface area (Å²) in [5.41, 5.74) is -0.0847. The Kier molecular flexibility index (Phi) is 8.43. The predicted molar refractivity (Wildman–Crippen MR) is 133 cm³/mol. The van der Waals surface area contributed by atoms with Crippen molar-refractivity contribution in [3.05, 3.63) is 75.9 Å². The number of aromatic nitrogens is 2. The van der Waals surface area contributed by atoms with Gasteiger partial charge in [-0.05, 0) is 36.6 Å². The number of carboxylic acid groups (broad SMARTS) is 1. The highest BCUT2D eigenvalue weighted by atomic mass is 35.5. The number of aliphatic carboxylic acids is 1. The van der Waals surface area contributed by atoms with E-state index in [1.54, 1.807) is 37.3 Å². The van der Waals surface area contributed by atoms with Gasteiger partial charge in [-0.2, -0.15) is 5.10 Å². The molecule has 0 fully saturated rings. The van der Waals surface area contributed by atoms with Crippen molar-refractivity contribution in [3.63, 3.8) is 0 Å². The minimum Gasteiger partial charge on any atom is -0.481 e. The van der Waals surface area contributed by atoms with Gasteiger partial charge in [0.15, 0.2) is 5.69 Å². The fraction of sp³-hybridized carbons (Fsp3) is 0.320. The fourth-order valence-electron chi connectivity index (χ4n) is 3.15. The van der Waals surface area contributed by atoms with Crippen LogP contribution >= 0.6 is 23.2 Å². The molecule has 1 aromatic heterocycles. The molecule has 3 N–H and O–H groups in total. The molecule has 2 atom stereocenters. The van der Waals surface area contributed by atoms with Gasteiger partial charge in [0.2, 0.25) is 5.88 Å². The Morgan fingerprint density at radius 1 is 1.14 bits per heavy atom. The van der Waals surface area contributed by atoms with Crippen LogP contribution in [0.15, 0.2) is 54.6 Å². The van der Waals surface area contributed by atoms with Crippen molar-refractivity contribution in [2.45, 2.75) is 38.8 Å². The van der Waals surface area contributed by atoms with E-state index >= 15 is 0 Å². The molecule has 186 valence electrons. The van der Waals surface area contributed by atoms with E-state index < -0.39 is 29.9 Å². The number of nitrogens with one attached hydrogen (secondary N) is 1. The maximum Gasteiger partial charge on any atom is 0.305 e. The molecule has 2 aromatic carbocycles. The van der Waals surface area contributed by atoms with Gasteiger partial charge in [0.25, 0.3) is 5.91 Å². The van der Waals surface area contributed by atoms with Gasteiger partial charge >= 0.3 is 5.97 Å². The first-order valence-electron chi connectivity index (χ1n) is 11.0. The molecule has 0 spiro atoms. The van der Waals surface area contributed by atoms with Crippen molar-refractivity contribution in [3.8, 4) is 11.6 Å². The van der Waals surface area contributed by atoms with E-state index in [1.807, 2.05) is 32.0 Å². The van der Waals surface area contributed by atoms with Crippen LogP contribution in [0.2, 0.25) is 10.0 Å². The summed E-state index contributed by atoms with van der Waals surface area (Å²) in [6.07, 6.45) is -0.411. The fourth-order valence-corrected chi connectivity index (χ4v) is 3.59. The molecule has 0 radical (unpaired) electrons. The largest absolute Gasteiger partial charge is 0.481 e. The van der Waals surface area contributed by atoms with Gasteiger partial charge in [-0.15, -0.1) is 0 Å². The summed E-state index contributed by atoms with van der Waals surface area (Å²) >= 11 is 12.4. The minimum absolute atomic E-state index is 0.00146. The molecule has 35 heavy (non-hydrogen) atoms. The number of carboxylic acids is 1. The average Bonchev–Trinajstić information content (AvgIpc) is 3.24.